The Bertz CT molecular complexity index is 715. The number of halogens is 1. The van der Waals surface area contributed by atoms with Crippen molar-refractivity contribution >= 4 is 40.8 Å². The predicted molar refractivity (Wildman–Crippen MR) is 73.2 cm³/mol. The summed E-state index contributed by atoms with van der Waals surface area (Å²) in [6, 6.07) is 4.64. The first-order valence-electron chi connectivity index (χ1n) is 5.97. The van der Waals surface area contributed by atoms with Crippen LogP contribution in [0.5, 0.6) is 0 Å². The lowest BCUT2D eigenvalue weighted by Crippen LogP contribution is -2.49. The van der Waals surface area contributed by atoms with Crippen molar-refractivity contribution < 1.29 is 13.5 Å². The van der Waals surface area contributed by atoms with Crippen LogP contribution in [0.3, 0.4) is 0 Å². The van der Waals surface area contributed by atoms with E-state index in [2.05, 4.69) is 10.4 Å². The molecule has 1 aromatic heterocycles. The molecule has 3 rings (SSSR count). The van der Waals surface area contributed by atoms with Gasteiger partial charge in [0, 0.05) is 25.4 Å². The molecule has 0 bridgehead atoms. The maximum Gasteiger partial charge on any atom is 0.329 e. The van der Waals surface area contributed by atoms with Gasteiger partial charge < -0.3 is 0 Å². The second-order valence-electron chi connectivity index (χ2n) is 4.43. The van der Waals surface area contributed by atoms with Crippen molar-refractivity contribution in [3.63, 3.8) is 0 Å². The molecule has 2 aromatic rings. The van der Waals surface area contributed by atoms with E-state index in [1.165, 1.54) is 9.58 Å². The third kappa shape index (κ3) is 1.92. The first kappa shape index (κ1) is 12.9. The van der Waals surface area contributed by atoms with Crippen LogP contribution in [0.15, 0.2) is 23.1 Å². The number of carbonyl (C=O) groups excluding carboxylic acids is 2. The van der Waals surface area contributed by atoms with Crippen molar-refractivity contribution in [2.45, 2.75) is 11.3 Å². The van der Waals surface area contributed by atoms with Gasteiger partial charge in [0.2, 0.25) is 5.91 Å². The van der Waals surface area contributed by atoms with Crippen molar-refractivity contribution in [1.82, 2.24) is 15.1 Å². The Morgan fingerprint density at radius 3 is 2.90 bits per heavy atom. The zero-order valence-electron chi connectivity index (χ0n) is 10.6. The molecule has 0 spiro atoms. The molecular weight excluding hydrogens is 283 g/mol. The number of hydrogen-bond acceptors (Lipinski definition) is 4. The molecule has 0 aliphatic carbocycles. The quantitative estimate of drug-likeness (QED) is 0.920. The van der Waals surface area contributed by atoms with E-state index < -0.39 is 6.03 Å². The van der Waals surface area contributed by atoms with Crippen LogP contribution in [-0.4, -0.2) is 28.3 Å². The van der Waals surface area contributed by atoms with Gasteiger partial charge in [-0.25, -0.2) is 4.79 Å². The van der Waals surface area contributed by atoms with E-state index in [1.54, 1.807) is 25.2 Å². The highest BCUT2D eigenvalue weighted by molar-refractivity contribution is 7.94. The monoisotopic (exact) mass is 294 g/mol. The molecule has 20 heavy (non-hydrogen) atoms. The van der Waals surface area contributed by atoms with Crippen molar-refractivity contribution in [1.29, 1.82) is 0 Å². The van der Waals surface area contributed by atoms with E-state index in [4.69, 9.17) is 0 Å². The van der Waals surface area contributed by atoms with E-state index >= 15 is 0 Å². The van der Waals surface area contributed by atoms with E-state index in [9.17, 15) is 13.5 Å². The Labute approximate surface area is 118 Å². The average Bonchev–Trinajstić information content (AvgIpc) is 2.76. The number of fused-ring (bicyclic) bond motifs is 1. The summed E-state index contributed by atoms with van der Waals surface area (Å²) in [6.45, 7) is 0.268. The second kappa shape index (κ2) is 4.78. The minimum Gasteiger partial charge on any atom is -0.278 e. The standard InChI is InChI=1S/C12H11FN4O2S/c1-16-10-7(3-2-4-8(10)20-13)11(15-16)17-6-5-9(18)14-12(17)19/h2-4H,5-6H2,1H3,(H,14,18,19). The summed E-state index contributed by atoms with van der Waals surface area (Å²) in [7, 11) is 1.69. The third-order valence-corrected chi connectivity index (χ3v) is 3.70. The van der Waals surface area contributed by atoms with E-state index in [1.807, 2.05) is 0 Å². The molecule has 6 nitrogen and oxygen atoms in total. The summed E-state index contributed by atoms with van der Waals surface area (Å²) in [5.74, 6) is 0.134. The molecule has 0 atom stereocenters. The number of aromatic nitrogens is 2. The number of carbonyl (C=O) groups is 2. The largest absolute Gasteiger partial charge is 0.329 e. The lowest BCUT2D eigenvalue weighted by molar-refractivity contribution is -0.120. The normalized spacial score (nSPS) is 15.8. The lowest BCUT2D eigenvalue weighted by Gasteiger charge is -2.24. The molecule has 1 aliphatic rings. The molecule has 0 saturated carbocycles. The van der Waals surface area contributed by atoms with Gasteiger partial charge in [0.1, 0.15) is 0 Å². The van der Waals surface area contributed by atoms with Gasteiger partial charge in [-0.3, -0.25) is 19.7 Å². The molecule has 0 radical (unpaired) electrons. The molecule has 1 N–H and O–H groups in total. The molecule has 3 amide bonds. The third-order valence-electron chi connectivity index (χ3n) is 3.20. The highest BCUT2D eigenvalue weighted by atomic mass is 32.2. The lowest BCUT2D eigenvalue weighted by atomic mass is 10.2. The summed E-state index contributed by atoms with van der Waals surface area (Å²) >= 11 is 0.140. The highest BCUT2D eigenvalue weighted by Gasteiger charge is 2.28. The maximum absolute atomic E-state index is 13.0. The number of rotatable bonds is 2. The summed E-state index contributed by atoms with van der Waals surface area (Å²) in [4.78, 5) is 24.9. The Balaban J connectivity index is 2.13. The molecule has 1 aliphatic heterocycles. The van der Waals surface area contributed by atoms with Crippen molar-refractivity contribution in [2.24, 2.45) is 7.05 Å². The number of amides is 3. The Morgan fingerprint density at radius 1 is 1.40 bits per heavy atom. The molecule has 8 heteroatoms. The Hall–Kier alpha value is -2.09. The van der Waals surface area contributed by atoms with E-state index in [0.717, 1.165) is 0 Å². The van der Waals surface area contributed by atoms with Crippen LogP contribution < -0.4 is 10.2 Å². The number of anilines is 1. The number of aryl methyl sites for hydroxylation is 1. The SMILES string of the molecule is Cn1nc(N2CCC(=O)NC2=O)c2cccc(SF)c21. The number of urea groups is 1. The van der Waals surface area contributed by atoms with Crippen molar-refractivity contribution in [2.75, 3.05) is 11.4 Å². The number of nitrogens with zero attached hydrogens (tertiary/aromatic N) is 3. The van der Waals surface area contributed by atoms with Gasteiger partial charge >= 0.3 is 6.03 Å². The summed E-state index contributed by atoms with van der Waals surface area (Å²) in [5.41, 5.74) is 0.625. The van der Waals surface area contributed by atoms with Crippen LogP contribution >= 0.6 is 12.1 Å². The first-order chi connectivity index (χ1) is 9.61. The zero-order valence-corrected chi connectivity index (χ0v) is 11.4. The van der Waals surface area contributed by atoms with Gasteiger partial charge in [0.05, 0.1) is 22.6 Å². The van der Waals surface area contributed by atoms with Gasteiger partial charge in [-0.05, 0) is 12.1 Å². The fourth-order valence-corrected chi connectivity index (χ4v) is 2.76. The van der Waals surface area contributed by atoms with Gasteiger partial charge in [0.25, 0.3) is 0 Å². The number of imide groups is 1. The van der Waals surface area contributed by atoms with Crippen molar-refractivity contribution in [3.05, 3.63) is 18.2 Å². The fourth-order valence-electron chi connectivity index (χ4n) is 2.31. The van der Waals surface area contributed by atoms with Crippen LogP contribution in [0.25, 0.3) is 10.9 Å². The van der Waals surface area contributed by atoms with Gasteiger partial charge in [0.15, 0.2) is 5.82 Å². The molecule has 1 saturated heterocycles. The predicted octanol–water partition coefficient (Wildman–Crippen LogP) is 2.00. The van der Waals surface area contributed by atoms with Crippen LogP contribution in [0.2, 0.25) is 0 Å². The second-order valence-corrected chi connectivity index (χ2v) is 5.03. The molecule has 0 unspecified atom stereocenters. The summed E-state index contributed by atoms with van der Waals surface area (Å²) in [6.07, 6.45) is 0.224. The molecule has 2 heterocycles. The van der Waals surface area contributed by atoms with Crippen LogP contribution in [0, 0.1) is 0 Å². The minimum atomic E-state index is -0.500. The fraction of sp³-hybridized carbons (Fsp3) is 0.250. The summed E-state index contributed by atoms with van der Waals surface area (Å²) in [5, 5.41) is 7.22. The maximum atomic E-state index is 13.0. The summed E-state index contributed by atoms with van der Waals surface area (Å²) < 4.78 is 14.5. The molecule has 104 valence electrons. The highest BCUT2D eigenvalue weighted by Crippen LogP contribution is 2.33. The topological polar surface area (TPSA) is 67.2 Å². The number of para-hydroxylation sites is 1. The van der Waals surface area contributed by atoms with E-state index in [0.29, 0.717) is 21.6 Å². The molecule has 1 fully saturated rings. The van der Waals surface area contributed by atoms with E-state index in [-0.39, 0.29) is 31.0 Å². The van der Waals surface area contributed by atoms with Crippen LogP contribution in [0.4, 0.5) is 14.5 Å². The number of nitrogens with one attached hydrogen (secondary N) is 1. The number of benzene rings is 1. The van der Waals surface area contributed by atoms with Gasteiger partial charge in [-0.15, -0.1) is 0 Å². The average molecular weight is 294 g/mol. The Morgan fingerprint density at radius 2 is 2.20 bits per heavy atom. The smallest absolute Gasteiger partial charge is 0.278 e. The first-order valence-corrected chi connectivity index (χ1v) is 6.69. The van der Waals surface area contributed by atoms with Gasteiger partial charge in [-0.2, -0.15) is 8.98 Å². The number of hydrogen-bond donors (Lipinski definition) is 1. The van der Waals surface area contributed by atoms with Gasteiger partial charge in [-0.1, -0.05) is 6.07 Å². The Kier molecular flexibility index (Phi) is 3.09. The molecule has 1 aromatic carbocycles. The minimum absolute atomic E-state index is 0.140. The van der Waals surface area contributed by atoms with Crippen LogP contribution in [0.1, 0.15) is 6.42 Å². The van der Waals surface area contributed by atoms with Crippen molar-refractivity contribution in [3.8, 4) is 0 Å². The molecular formula is C12H11FN4O2S. The van der Waals surface area contributed by atoms with Crippen LogP contribution in [-0.2, 0) is 11.8 Å². The zero-order chi connectivity index (χ0) is 14.3.